The van der Waals surface area contributed by atoms with Crippen LogP contribution in [0.25, 0.3) is 11.3 Å². The van der Waals surface area contributed by atoms with Gasteiger partial charge in [0.15, 0.2) is 0 Å². The van der Waals surface area contributed by atoms with Crippen LogP contribution >= 0.6 is 0 Å². The summed E-state index contributed by atoms with van der Waals surface area (Å²) in [5, 5.41) is 8.24. The second kappa shape index (κ2) is 6.41. The maximum Gasteiger partial charge on any atom is 0.123 e. The minimum absolute atomic E-state index is 0.00153. The molecule has 0 amide bonds. The number of halogens is 2. The van der Waals surface area contributed by atoms with Gasteiger partial charge in [0, 0.05) is 36.3 Å². The first-order chi connectivity index (χ1) is 12.1. The average molecular weight is 339 g/mol. The van der Waals surface area contributed by atoms with Crippen molar-refractivity contribution in [1.82, 2.24) is 15.1 Å². The Morgan fingerprint density at radius 1 is 1.00 bits per heavy atom. The lowest BCUT2D eigenvalue weighted by atomic mass is 10.0. The van der Waals surface area contributed by atoms with Crippen molar-refractivity contribution in [2.24, 2.45) is 0 Å². The molecule has 0 radical (unpaired) electrons. The summed E-state index contributed by atoms with van der Waals surface area (Å²) < 4.78 is 28.5. The van der Waals surface area contributed by atoms with Crippen LogP contribution in [0, 0.1) is 11.6 Å². The number of nitrogens with zero attached hydrogens (tertiary/aromatic N) is 2. The van der Waals surface area contributed by atoms with Crippen LogP contribution in [0.5, 0.6) is 0 Å². The normalized spacial score (nSPS) is 15.0. The first-order valence-corrected chi connectivity index (χ1v) is 8.46. The summed E-state index contributed by atoms with van der Waals surface area (Å²) >= 11 is 0. The third-order valence-corrected chi connectivity index (χ3v) is 4.80. The predicted octanol–water partition coefficient (Wildman–Crippen LogP) is 4.08. The summed E-state index contributed by atoms with van der Waals surface area (Å²) in [4.78, 5) is 0. The van der Waals surface area contributed by atoms with Crippen molar-refractivity contribution in [3.05, 3.63) is 77.0 Å². The molecule has 2 aromatic carbocycles. The Bertz CT molecular complexity index is 883. The van der Waals surface area contributed by atoms with E-state index in [1.54, 1.807) is 24.3 Å². The van der Waals surface area contributed by atoms with Crippen molar-refractivity contribution in [2.75, 3.05) is 6.54 Å². The third-order valence-electron chi connectivity index (χ3n) is 4.80. The highest BCUT2D eigenvalue weighted by Crippen LogP contribution is 2.31. The van der Waals surface area contributed by atoms with Gasteiger partial charge in [0.25, 0.3) is 0 Å². The van der Waals surface area contributed by atoms with E-state index in [9.17, 15) is 8.78 Å². The SMILES string of the molecule is C[C@@H](c1ccc(F)cc1)n1nc(-c2ccc(F)cc2)c2c1CCNC2. The molecular formula is C20H19F2N3. The molecular weight excluding hydrogens is 320 g/mol. The van der Waals surface area contributed by atoms with Crippen LogP contribution in [0.2, 0.25) is 0 Å². The van der Waals surface area contributed by atoms with Gasteiger partial charge in [-0.3, -0.25) is 4.68 Å². The molecule has 25 heavy (non-hydrogen) atoms. The van der Waals surface area contributed by atoms with Gasteiger partial charge in [-0.2, -0.15) is 5.10 Å². The zero-order valence-corrected chi connectivity index (χ0v) is 14.0. The minimum Gasteiger partial charge on any atom is -0.312 e. The van der Waals surface area contributed by atoms with Crippen molar-refractivity contribution in [3.8, 4) is 11.3 Å². The van der Waals surface area contributed by atoms with Gasteiger partial charge in [0.05, 0.1) is 11.7 Å². The summed E-state index contributed by atoms with van der Waals surface area (Å²) in [6.07, 6.45) is 0.884. The van der Waals surface area contributed by atoms with Gasteiger partial charge in [-0.25, -0.2) is 8.78 Å². The fraction of sp³-hybridized carbons (Fsp3) is 0.250. The lowest BCUT2D eigenvalue weighted by Crippen LogP contribution is -2.25. The highest BCUT2D eigenvalue weighted by atomic mass is 19.1. The predicted molar refractivity (Wildman–Crippen MR) is 93.2 cm³/mol. The Hall–Kier alpha value is -2.53. The van der Waals surface area contributed by atoms with Crippen LogP contribution in [-0.2, 0) is 13.0 Å². The summed E-state index contributed by atoms with van der Waals surface area (Å²) in [5.41, 5.74) is 5.15. The lowest BCUT2D eigenvalue weighted by Gasteiger charge is -2.20. The Kier molecular flexibility index (Phi) is 4.09. The fourth-order valence-electron chi connectivity index (χ4n) is 3.42. The largest absolute Gasteiger partial charge is 0.312 e. The van der Waals surface area contributed by atoms with E-state index in [2.05, 4.69) is 12.2 Å². The molecule has 0 spiro atoms. The topological polar surface area (TPSA) is 29.9 Å². The number of hydrogen-bond acceptors (Lipinski definition) is 2. The zero-order chi connectivity index (χ0) is 17.4. The van der Waals surface area contributed by atoms with Gasteiger partial charge in [0.1, 0.15) is 11.6 Å². The number of hydrogen-bond donors (Lipinski definition) is 1. The summed E-state index contributed by atoms with van der Waals surface area (Å²) in [6.45, 7) is 3.72. The highest BCUT2D eigenvalue weighted by Gasteiger charge is 2.24. The van der Waals surface area contributed by atoms with Crippen LogP contribution in [0.15, 0.2) is 48.5 Å². The number of benzene rings is 2. The van der Waals surface area contributed by atoms with Crippen LogP contribution < -0.4 is 5.32 Å². The second-order valence-corrected chi connectivity index (χ2v) is 6.38. The van der Waals surface area contributed by atoms with Crippen molar-refractivity contribution in [3.63, 3.8) is 0 Å². The van der Waals surface area contributed by atoms with Gasteiger partial charge in [-0.15, -0.1) is 0 Å². The molecule has 2 heterocycles. The van der Waals surface area contributed by atoms with Crippen molar-refractivity contribution in [1.29, 1.82) is 0 Å². The molecule has 3 nitrogen and oxygen atoms in total. The number of aromatic nitrogens is 2. The van der Waals surface area contributed by atoms with E-state index in [0.29, 0.717) is 0 Å². The van der Waals surface area contributed by atoms with E-state index in [1.807, 2.05) is 4.68 Å². The third kappa shape index (κ3) is 2.96. The van der Waals surface area contributed by atoms with E-state index in [4.69, 9.17) is 5.10 Å². The molecule has 0 unspecified atom stereocenters. The quantitative estimate of drug-likeness (QED) is 0.779. The average Bonchev–Trinajstić information content (AvgIpc) is 3.02. The van der Waals surface area contributed by atoms with Gasteiger partial charge in [-0.1, -0.05) is 12.1 Å². The van der Waals surface area contributed by atoms with Crippen molar-refractivity contribution < 1.29 is 8.78 Å². The monoisotopic (exact) mass is 339 g/mol. The molecule has 1 atom stereocenters. The Balaban J connectivity index is 1.80. The maximum atomic E-state index is 13.3. The Labute approximate surface area is 145 Å². The Morgan fingerprint density at radius 3 is 2.32 bits per heavy atom. The standard InChI is InChI=1S/C20H19F2N3/c1-13(14-2-6-16(21)7-3-14)25-19-10-11-23-12-18(19)20(24-25)15-4-8-17(22)9-5-15/h2-9,13,23H,10-12H2,1H3/t13-/m0/s1. The molecule has 0 aliphatic carbocycles. The molecule has 1 aromatic heterocycles. The zero-order valence-electron chi connectivity index (χ0n) is 14.0. The first-order valence-electron chi connectivity index (χ1n) is 8.46. The molecule has 3 aromatic rings. The fourth-order valence-corrected chi connectivity index (χ4v) is 3.42. The maximum absolute atomic E-state index is 13.3. The molecule has 0 saturated carbocycles. The van der Waals surface area contributed by atoms with Crippen molar-refractivity contribution >= 4 is 0 Å². The summed E-state index contributed by atoms with van der Waals surface area (Å²) in [6, 6.07) is 13.0. The van der Waals surface area contributed by atoms with Crippen molar-refractivity contribution in [2.45, 2.75) is 25.9 Å². The number of nitrogens with one attached hydrogen (secondary N) is 1. The molecule has 0 bridgehead atoms. The second-order valence-electron chi connectivity index (χ2n) is 6.38. The molecule has 0 saturated heterocycles. The molecule has 5 heteroatoms. The molecule has 4 rings (SSSR count). The highest BCUT2D eigenvalue weighted by molar-refractivity contribution is 5.64. The molecule has 1 N–H and O–H groups in total. The first kappa shape index (κ1) is 16.0. The van der Waals surface area contributed by atoms with Crippen LogP contribution in [0.1, 0.15) is 29.8 Å². The van der Waals surface area contributed by atoms with E-state index in [-0.39, 0.29) is 17.7 Å². The molecule has 1 aliphatic heterocycles. The molecule has 1 aliphatic rings. The van der Waals surface area contributed by atoms with Crippen LogP contribution in [0.4, 0.5) is 8.78 Å². The molecule has 128 valence electrons. The lowest BCUT2D eigenvalue weighted by molar-refractivity contribution is 0.516. The van der Waals surface area contributed by atoms with Gasteiger partial charge in [-0.05, 0) is 48.9 Å². The van der Waals surface area contributed by atoms with Gasteiger partial charge < -0.3 is 5.32 Å². The van der Waals surface area contributed by atoms with Crippen LogP contribution in [0.3, 0.4) is 0 Å². The van der Waals surface area contributed by atoms with E-state index in [0.717, 1.165) is 41.9 Å². The van der Waals surface area contributed by atoms with Gasteiger partial charge in [0.2, 0.25) is 0 Å². The van der Waals surface area contributed by atoms with E-state index in [1.165, 1.54) is 30.0 Å². The molecule has 0 fully saturated rings. The van der Waals surface area contributed by atoms with Crippen LogP contribution in [-0.4, -0.2) is 16.3 Å². The summed E-state index contributed by atoms with van der Waals surface area (Å²) in [7, 11) is 0. The van der Waals surface area contributed by atoms with Gasteiger partial charge >= 0.3 is 0 Å². The number of rotatable bonds is 3. The van der Waals surface area contributed by atoms with E-state index >= 15 is 0 Å². The summed E-state index contributed by atoms with van der Waals surface area (Å²) in [5.74, 6) is -0.496. The smallest absolute Gasteiger partial charge is 0.123 e. The van der Waals surface area contributed by atoms with E-state index < -0.39 is 0 Å². The number of fused-ring (bicyclic) bond motifs is 1. The Morgan fingerprint density at radius 2 is 1.64 bits per heavy atom. The minimum atomic E-state index is -0.255.